The number of nitrogens with zero attached hydrogens (tertiary/aromatic N) is 2. The van der Waals surface area contributed by atoms with Crippen LogP contribution in [0.15, 0.2) is 77.5 Å². The van der Waals surface area contributed by atoms with E-state index in [2.05, 4.69) is 22.4 Å². The summed E-state index contributed by atoms with van der Waals surface area (Å²) >= 11 is 0. The van der Waals surface area contributed by atoms with Crippen LogP contribution in [-0.4, -0.2) is 59.8 Å². The van der Waals surface area contributed by atoms with Crippen molar-refractivity contribution in [2.24, 2.45) is 5.92 Å². The molecule has 1 N–H and O–H groups in total. The van der Waals surface area contributed by atoms with Crippen LogP contribution in [0.4, 0.5) is 0 Å². The highest BCUT2D eigenvalue weighted by molar-refractivity contribution is 5.99. The largest absolute Gasteiger partial charge is 0.442 e. The first-order chi connectivity index (χ1) is 18.6. The molecule has 0 radical (unpaired) electrons. The van der Waals surface area contributed by atoms with Gasteiger partial charge in [0.25, 0.3) is 5.89 Å². The first-order valence-electron chi connectivity index (χ1n) is 13.3. The van der Waals surface area contributed by atoms with Crippen LogP contribution in [0.5, 0.6) is 0 Å². The van der Waals surface area contributed by atoms with Gasteiger partial charge < -0.3 is 19.4 Å². The zero-order valence-electron chi connectivity index (χ0n) is 21.6. The van der Waals surface area contributed by atoms with Gasteiger partial charge in [-0.05, 0) is 43.2 Å². The van der Waals surface area contributed by atoms with E-state index in [1.54, 1.807) is 4.90 Å². The molecule has 2 aromatic carbocycles. The number of Topliss-reactive ketones (excluding diaryl/α,β-unsaturated/α-hetero) is 1. The van der Waals surface area contributed by atoms with E-state index >= 15 is 0 Å². The number of aromatic nitrogens is 1. The van der Waals surface area contributed by atoms with E-state index in [-0.39, 0.29) is 29.9 Å². The fourth-order valence-corrected chi connectivity index (χ4v) is 4.68. The lowest BCUT2D eigenvalue weighted by Gasteiger charge is -2.29. The summed E-state index contributed by atoms with van der Waals surface area (Å²) in [6, 6.07) is 19.1. The Bertz CT molecular complexity index is 1150. The molecule has 0 spiro atoms. The predicted molar refractivity (Wildman–Crippen MR) is 142 cm³/mol. The second-order valence-corrected chi connectivity index (χ2v) is 9.56. The number of amides is 2. The minimum Gasteiger partial charge on any atom is -0.442 e. The maximum Gasteiger partial charge on any atom is 0.265 e. The summed E-state index contributed by atoms with van der Waals surface area (Å²) in [7, 11) is 0. The summed E-state index contributed by atoms with van der Waals surface area (Å²) in [4.78, 5) is 45.6. The van der Waals surface area contributed by atoms with Crippen LogP contribution in [0.1, 0.15) is 47.5 Å². The molecule has 2 atom stereocenters. The lowest BCUT2D eigenvalue weighted by atomic mass is 9.93. The Morgan fingerprint density at radius 2 is 1.55 bits per heavy atom. The number of nitrogens with one attached hydrogen (secondary N) is 1. The number of rotatable bonds is 13. The van der Waals surface area contributed by atoms with Gasteiger partial charge in [0.1, 0.15) is 6.26 Å². The third-order valence-electron chi connectivity index (χ3n) is 6.86. The van der Waals surface area contributed by atoms with Crippen LogP contribution in [0.2, 0.25) is 0 Å². The van der Waals surface area contributed by atoms with Crippen molar-refractivity contribution in [3.63, 3.8) is 0 Å². The number of benzene rings is 2. The van der Waals surface area contributed by atoms with Gasteiger partial charge >= 0.3 is 0 Å². The van der Waals surface area contributed by atoms with Gasteiger partial charge in [0.15, 0.2) is 0 Å². The molecule has 1 aliphatic heterocycles. The molecule has 0 aliphatic carbocycles. The number of ketones is 1. The van der Waals surface area contributed by atoms with Gasteiger partial charge in [0, 0.05) is 25.4 Å². The van der Waals surface area contributed by atoms with E-state index in [1.807, 2.05) is 48.5 Å². The van der Waals surface area contributed by atoms with Crippen molar-refractivity contribution in [1.29, 1.82) is 0 Å². The topological polar surface area (TPSA) is 102 Å². The molecule has 1 aromatic heterocycles. The molecular weight excluding hydrogens is 482 g/mol. The van der Waals surface area contributed by atoms with Gasteiger partial charge in [-0.3, -0.25) is 14.4 Å². The number of oxazole rings is 1. The van der Waals surface area contributed by atoms with Crippen molar-refractivity contribution in [2.45, 2.75) is 44.6 Å². The van der Waals surface area contributed by atoms with Crippen molar-refractivity contribution in [3.05, 3.63) is 90.1 Å². The molecular formula is C30H35N3O5. The lowest BCUT2D eigenvalue weighted by Crippen LogP contribution is -2.46. The molecule has 3 aromatic rings. The highest BCUT2D eigenvalue weighted by atomic mass is 16.5. The van der Waals surface area contributed by atoms with Gasteiger partial charge in [-0.2, -0.15) is 0 Å². The third kappa shape index (κ3) is 8.11. The lowest BCUT2D eigenvalue weighted by molar-refractivity contribution is -0.139. The van der Waals surface area contributed by atoms with Crippen LogP contribution in [0.25, 0.3) is 0 Å². The quantitative estimate of drug-likeness (QED) is 0.346. The number of hydrogen-bond donors (Lipinski definition) is 1. The summed E-state index contributed by atoms with van der Waals surface area (Å²) in [5, 5.41) is 2.95. The number of aryl methyl sites for hydroxylation is 2. The highest BCUT2D eigenvalue weighted by Gasteiger charge is 2.30. The van der Waals surface area contributed by atoms with Crippen molar-refractivity contribution in [3.8, 4) is 0 Å². The van der Waals surface area contributed by atoms with Crippen LogP contribution in [-0.2, 0) is 27.2 Å². The SMILES string of the molecule is O=C(N[C@@H](CCc1ccccc1)C(=O)c1ncco1)C(CCCc1ccccc1)CC(=O)N1CCOCC1. The molecule has 8 nitrogen and oxygen atoms in total. The second kappa shape index (κ2) is 14.2. The summed E-state index contributed by atoms with van der Waals surface area (Å²) in [5.74, 6) is -1.31. The number of carbonyl (C=O) groups excluding carboxylic acids is 3. The smallest absolute Gasteiger partial charge is 0.265 e. The van der Waals surface area contributed by atoms with Gasteiger partial charge in [0.05, 0.1) is 25.5 Å². The maximum atomic E-state index is 13.6. The Labute approximate surface area is 223 Å². The second-order valence-electron chi connectivity index (χ2n) is 9.56. The van der Waals surface area contributed by atoms with E-state index in [0.29, 0.717) is 45.6 Å². The molecule has 1 aliphatic rings. The molecule has 2 amide bonds. The average Bonchev–Trinajstić information content (AvgIpc) is 3.51. The van der Waals surface area contributed by atoms with Crippen LogP contribution in [0, 0.1) is 5.92 Å². The van der Waals surface area contributed by atoms with Crippen molar-refractivity contribution in [2.75, 3.05) is 26.3 Å². The minimum atomic E-state index is -0.809. The molecule has 1 fully saturated rings. The van der Waals surface area contributed by atoms with Gasteiger partial charge in [0.2, 0.25) is 17.6 Å². The molecule has 200 valence electrons. The minimum absolute atomic E-state index is 0.0339. The maximum absolute atomic E-state index is 13.6. The average molecular weight is 518 g/mol. The van der Waals surface area contributed by atoms with Gasteiger partial charge in [-0.25, -0.2) is 4.98 Å². The summed E-state index contributed by atoms with van der Waals surface area (Å²) in [6.07, 6.45) is 5.95. The monoisotopic (exact) mass is 517 g/mol. The predicted octanol–water partition coefficient (Wildman–Crippen LogP) is 3.86. The third-order valence-corrected chi connectivity index (χ3v) is 6.86. The van der Waals surface area contributed by atoms with Crippen LogP contribution in [0.3, 0.4) is 0 Å². The van der Waals surface area contributed by atoms with Gasteiger partial charge in [-0.1, -0.05) is 60.7 Å². The fraction of sp³-hybridized carbons (Fsp3) is 0.400. The number of hydrogen-bond acceptors (Lipinski definition) is 6. The molecule has 2 heterocycles. The molecule has 0 bridgehead atoms. The van der Waals surface area contributed by atoms with E-state index in [0.717, 1.165) is 18.4 Å². The van der Waals surface area contributed by atoms with Crippen molar-refractivity contribution in [1.82, 2.24) is 15.2 Å². The van der Waals surface area contributed by atoms with E-state index < -0.39 is 12.0 Å². The molecule has 0 saturated carbocycles. The van der Waals surface area contributed by atoms with Crippen molar-refractivity contribution < 1.29 is 23.5 Å². The fourth-order valence-electron chi connectivity index (χ4n) is 4.68. The summed E-state index contributed by atoms with van der Waals surface area (Å²) in [6.45, 7) is 2.06. The molecule has 1 saturated heterocycles. The number of morpholine rings is 1. The van der Waals surface area contributed by atoms with E-state index in [4.69, 9.17) is 9.15 Å². The van der Waals surface area contributed by atoms with E-state index in [1.165, 1.54) is 18.0 Å². The molecule has 1 unspecified atom stereocenters. The zero-order valence-corrected chi connectivity index (χ0v) is 21.6. The highest BCUT2D eigenvalue weighted by Crippen LogP contribution is 2.19. The van der Waals surface area contributed by atoms with Crippen LogP contribution < -0.4 is 5.32 Å². The standard InChI is InChI=1S/C30H35N3O5/c34-27(33-17-20-37-21-18-33)22-25(13-7-12-23-8-3-1-4-9-23)29(36)32-26(28(35)30-31-16-19-38-30)15-14-24-10-5-2-6-11-24/h1-6,8-11,16,19,25-26H,7,12-15,17-18,20-22H2,(H,32,36)/t25?,26-/m0/s1. The summed E-state index contributed by atoms with van der Waals surface area (Å²) < 4.78 is 10.6. The number of carbonyl (C=O) groups is 3. The Morgan fingerprint density at radius 1 is 0.895 bits per heavy atom. The molecule has 4 rings (SSSR count). The summed E-state index contributed by atoms with van der Waals surface area (Å²) in [5.41, 5.74) is 2.25. The van der Waals surface area contributed by atoms with E-state index in [9.17, 15) is 14.4 Å². The molecule has 8 heteroatoms. The van der Waals surface area contributed by atoms with Gasteiger partial charge in [-0.15, -0.1) is 0 Å². The Kier molecular flexibility index (Phi) is 10.2. The first kappa shape index (κ1) is 27.3. The normalized spacial score (nSPS) is 15.0. The zero-order chi connectivity index (χ0) is 26.6. The first-order valence-corrected chi connectivity index (χ1v) is 13.3. The Morgan fingerprint density at radius 3 is 2.18 bits per heavy atom. The van der Waals surface area contributed by atoms with Crippen molar-refractivity contribution >= 4 is 17.6 Å². The molecule has 38 heavy (non-hydrogen) atoms. The van der Waals surface area contributed by atoms with Crippen LogP contribution >= 0.6 is 0 Å². The number of ether oxygens (including phenoxy) is 1. The Hall–Kier alpha value is -3.78. The Balaban J connectivity index is 1.45.